The van der Waals surface area contributed by atoms with Crippen molar-refractivity contribution in [2.24, 2.45) is 0 Å². The third kappa shape index (κ3) is 4.90. The molecule has 5 heteroatoms. The lowest BCUT2D eigenvalue weighted by Crippen LogP contribution is -2.28. The summed E-state index contributed by atoms with van der Waals surface area (Å²) in [7, 11) is 3.40. The van der Waals surface area contributed by atoms with Crippen LogP contribution < -0.4 is 14.2 Å². The van der Waals surface area contributed by atoms with Gasteiger partial charge in [0, 0.05) is 30.7 Å². The van der Waals surface area contributed by atoms with Crippen LogP contribution in [0.5, 0.6) is 17.2 Å². The molecule has 0 bridgehead atoms. The summed E-state index contributed by atoms with van der Waals surface area (Å²) in [6.07, 6.45) is 7.26. The summed E-state index contributed by atoms with van der Waals surface area (Å²) in [5, 5.41) is 1.33. The molecule has 1 saturated heterocycles. The van der Waals surface area contributed by atoms with E-state index in [0.717, 1.165) is 36.8 Å². The van der Waals surface area contributed by atoms with Gasteiger partial charge in [-0.3, -0.25) is 4.90 Å². The normalized spacial score (nSPS) is 14.7. The van der Waals surface area contributed by atoms with Crippen LogP contribution in [0.15, 0.2) is 48.7 Å². The first-order chi connectivity index (χ1) is 14.8. The molecule has 0 unspecified atom stereocenters. The molecule has 1 aliphatic rings. The highest BCUT2D eigenvalue weighted by Gasteiger charge is 2.15. The van der Waals surface area contributed by atoms with Crippen LogP contribution in [0.1, 0.15) is 31.2 Å². The summed E-state index contributed by atoms with van der Waals surface area (Å²) in [4.78, 5) is 2.58. The molecule has 0 amide bonds. The molecule has 0 N–H and O–H groups in total. The minimum Gasteiger partial charge on any atom is -0.497 e. The quantitative estimate of drug-likeness (QED) is 0.461. The van der Waals surface area contributed by atoms with Crippen LogP contribution in [0, 0.1) is 0 Å². The minimum absolute atomic E-state index is 0.678. The van der Waals surface area contributed by atoms with E-state index in [1.165, 1.54) is 48.8 Å². The molecule has 0 aliphatic carbocycles. The number of fused-ring (bicyclic) bond motifs is 1. The van der Waals surface area contributed by atoms with Crippen LogP contribution in [0.25, 0.3) is 10.9 Å². The fraction of sp³-hybridized carbons (Fsp3) is 0.440. The molecule has 2 aromatic carbocycles. The van der Waals surface area contributed by atoms with Gasteiger partial charge in [0.05, 0.1) is 26.3 Å². The Hall–Kier alpha value is -2.66. The van der Waals surface area contributed by atoms with Crippen molar-refractivity contribution in [1.29, 1.82) is 0 Å². The smallest absolute Gasteiger partial charge is 0.120 e. The van der Waals surface area contributed by atoms with E-state index < -0.39 is 0 Å². The zero-order valence-corrected chi connectivity index (χ0v) is 18.1. The number of nitrogens with zero attached hydrogens (tertiary/aromatic N) is 2. The highest BCUT2D eigenvalue weighted by atomic mass is 16.5. The second kappa shape index (κ2) is 9.90. The molecule has 160 valence electrons. The molecule has 0 atom stereocenters. The molecule has 4 rings (SSSR count). The first kappa shape index (κ1) is 20.6. The first-order valence-electron chi connectivity index (χ1n) is 10.9. The number of likely N-dealkylation sites (tertiary alicyclic amines) is 1. The van der Waals surface area contributed by atoms with Gasteiger partial charge in [-0.15, -0.1) is 0 Å². The summed E-state index contributed by atoms with van der Waals surface area (Å²) in [5.41, 5.74) is 2.65. The van der Waals surface area contributed by atoms with Crippen LogP contribution in [0.3, 0.4) is 0 Å². The second-order valence-electron chi connectivity index (χ2n) is 7.95. The number of rotatable bonds is 9. The summed E-state index contributed by atoms with van der Waals surface area (Å²) in [6.45, 7) is 5.03. The number of ether oxygens (including phenoxy) is 3. The van der Waals surface area contributed by atoms with E-state index in [9.17, 15) is 0 Å². The maximum absolute atomic E-state index is 5.91. The summed E-state index contributed by atoms with van der Waals surface area (Å²) < 4.78 is 18.9. The highest BCUT2D eigenvalue weighted by molar-refractivity contribution is 5.85. The Morgan fingerprint density at radius 3 is 2.27 bits per heavy atom. The van der Waals surface area contributed by atoms with E-state index in [1.807, 2.05) is 24.3 Å². The van der Waals surface area contributed by atoms with Crippen molar-refractivity contribution in [3.05, 3.63) is 54.2 Å². The lowest BCUT2D eigenvalue weighted by Gasteiger charge is -2.26. The molecular weight excluding hydrogens is 376 g/mol. The maximum atomic E-state index is 5.91. The Labute approximate surface area is 179 Å². The van der Waals surface area contributed by atoms with Crippen LogP contribution in [0.2, 0.25) is 0 Å². The number of aryl methyl sites for hydroxylation is 1. The van der Waals surface area contributed by atoms with Crippen LogP contribution in [-0.2, 0) is 13.1 Å². The summed E-state index contributed by atoms with van der Waals surface area (Å²) in [6, 6.07) is 14.2. The molecule has 0 spiro atoms. The molecule has 1 aromatic heterocycles. The monoisotopic (exact) mass is 408 g/mol. The Morgan fingerprint density at radius 2 is 1.53 bits per heavy atom. The van der Waals surface area contributed by atoms with Gasteiger partial charge in [0.25, 0.3) is 0 Å². The zero-order valence-electron chi connectivity index (χ0n) is 18.1. The fourth-order valence-corrected chi connectivity index (χ4v) is 4.24. The van der Waals surface area contributed by atoms with E-state index in [2.05, 4.69) is 33.9 Å². The fourth-order valence-electron chi connectivity index (χ4n) is 4.24. The molecule has 30 heavy (non-hydrogen) atoms. The third-order valence-electron chi connectivity index (χ3n) is 5.89. The van der Waals surface area contributed by atoms with Gasteiger partial charge in [-0.25, -0.2) is 0 Å². The van der Waals surface area contributed by atoms with Gasteiger partial charge in [-0.05, 0) is 74.3 Å². The molecule has 0 saturated carbocycles. The topological polar surface area (TPSA) is 35.9 Å². The Kier molecular flexibility index (Phi) is 6.80. The van der Waals surface area contributed by atoms with Gasteiger partial charge in [-0.2, -0.15) is 0 Å². The van der Waals surface area contributed by atoms with Crippen molar-refractivity contribution in [3.63, 3.8) is 0 Å². The van der Waals surface area contributed by atoms with Gasteiger partial charge in [0.2, 0.25) is 0 Å². The average Bonchev–Trinajstić information content (AvgIpc) is 3.14. The maximum Gasteiger partial charge on any atom is 0.120 e. The van der Waals surface area contributed by atoms with E-state index in [0.29, 0.717) is 6.61 Å². The van der Waals surface area contributed by atoms with Crippen molar-refractivity contribution in [1.82, 2.24) is 9.47 Å². The molecule has 5 nitrogen and oxygen atoms in total. The number of hydrogen-bond acceptors (Lipinski definition) is 4. The molecule has 2 heterocycles. The standard InChI is InChI=1S/C25H32N2O3/c1-28-21-7-9-22(10-8-21)30-16-6-15-27-19-20(18-26-13-4-3-5-14-26)24-12-11-23(29-2)17-25(24)27/h7-12,17,19H,3-6,13-16,18H2,1-2H3. The van der Waals surface area contributed by atoms with Gasteiger partial charge < -0.3 is 18.8 Å². The predicted octanol–water partition coefficient (Wildman–Crippen LogP) is 5.11. The third-order valence-corrected chi connectivity index (χ3v) is 5.89. The summed E-state index contributed by atoms with van der Waals surface area (Å²) in [5.74, 6) is 2.62. The minimum atomic E-state index is 0.678. The number of benzene rings is 2. The molecular formula is C25H32N2O3. The van der Waals surface area contributed by atoms with Crippen molar-refractivity contribution in [2.75, 3.05) is 33.9 Å². The van der Waals surface area contributed by atoms with Crippen molar-refractivity contribution in [2.45, 2.75) is 38.8 Å². The molecule has 1 fully saturated rings. The molecule has 1 aliphatic heterocycles. The van der Waals surface area contributed by atoms with Gasteiger partial charge in [0.15, 0.2) is 0 Å². The second-order valence-corrected chi connectivity index (χ2v) is 7.95. The Balaban J connectivity index is 1.43. The van der Waals surface area contributed by atoms with Crippen molar-refractivity contribution >= 4 is 10.9 Å². The van der Waals surface area contributed by atoms with Crippen molar-refractivity contribution in [3.8, 4) is 17.2 Å². The van der Waals surface area contributed by atoms with Crippen LogP contribution in [-0.4, -0.2) is 43.4 Å². The predicted molar refractivity (Wildman–Crippen MR) is 121 cm³/mol. The first-order valence-corrected chi connectivity index (χ1v) is 10.9. The SMILES string of the molecule is COc1ccc(OCCCn2cc(CN3CCCCC3)c3ccc(OC)cc32)cc1. The number of piperidine rings is 1. The highest BCUT2D eigenvalue weighted by Crippen LogP contribution is 2.28. The Morgan fingerprint density at radius 1 is 0.833 bits per heavy atom. The van der Waals surface area contributed by atoms with E-state index >= 15 is 0 Å². The lowest BCUT2D eigenvalue weighted by molar-refractivity contribution is 0.221. The number of methoxy groups -OCH3 is 2. The van der Waals surface area contributed by atoms with Crippen LogP contribution in [0.4, 0.5) is 0 Å². The van der Waals surface area contributed by atoms with Gasteiger partial charge >= 0.3 is 0 Å². The van der Waals surface area contributed by atoms with E-state index in [1.54, 1.807) is 14.2 Å². The number of hydrogen-bond donors (Lipinski definition) is 0. The molecule has 3 aromatic rings. The number of aromatic nitrogens is 1. The van der Waals surface area contributed by atoms with Crippen LogP contribution >= 0.6 is 0 Å². The zero-order chi connectivity index (χ0) is 20.8. The van der Waals surface area contributed by atoms with E-state index in [-0.39, 0.29) is 0 Å². The van der Waals surface area contributed by atoms with Gasteiger partial charge in [0.1, 0.15) is 17.2 Å². The molecule has 0 radical (unpaired) electrons. The Bertz CT molecular complexity index is 943. The lowest BCUT2D eigenvalue weighted by atomic mass is 10.1. The van der Waals surface area contributed by atoms with Crippen molar-refractivity contribution < 1.29 is 14.2 Å². The summed E-state index contributed by atoms with van der Waals surface area (Å²) >= 11 is 0. The average molecular weight is 409 g/mol. The van der Waals surface area contributed by atoms with E-state index in [4.69, 9.17) is 14.2 Å². The largest absolute Gasteiger partial charge is 0.497 e. The van der Waals surface area contributed by atoms with Gasteiger partial charge in [-0.1, -0.05) is 6.42 Å².